The van der Waals surface area contributed by atoms with Crippen LogP contribution in [0.2, 0.25) is 0 Å². The molecule has 3 rings (SSSR count). The van der Waals surface area contributed by atoms with E-state index in [4.69, 9.17) is 0 Å². The summed E-state index contributed by atoms with van der Waals surface area (Å²) in [7, 11) is 0. The highest BCUT2D eigenvalue weighted by Crippen LogP contribution is 2.20. The molecule has 25 heavy (non-hydrogen) atoms. The highest BCUT2D eigenvalue weighted by atomic mass is 16.1. The molecular formula is C19H27N5O. The molecule has 0 spiro atoms. The van der Waals surface area contributed by atoms with Gasteiger partial charge in [-0.15, -0.1) is 0 Å². The van der Waals surface area contributed by atoms with Crippen LogP contribution in [0, 0.1) is 11.8 Å². The summed E-state index contributed by atoms with van der Waals surface area (Å²) in [6.45, 7) is 8.70. The third-order valence-electron chi connectivity index (χ3n) is 4.63. The zero-order valence-electron chi connectivity index (χ0n) is 15.0. The lowest BCUT2D eigenvalue weighted by Crippen LogP contribution is -2.40. The second-order valence-electron chi connectivity index (χ2n) is 7.20. The van der Waals surface area contributed by atoms with E-state index in [9.17, 15) is 4.79 Å². The van der Waals surface area contributed by atoms with Gasteiger partial charge in [-0.3, -0.25) is 14.9 Å². The van der Waals surface area contributed by atoms with Crippen LogP contribution in [0.5, 0.6) is 0 Å². The second kappa shape index (κ2) is 8.25. The fourth-order valence-electron chi connectivity index (χ4n) is 3.66. The van der Waals surface area contributed by atoms with Gasteiger partial charge in [0.2, 0.25) is 0 Å². The average molecular weight is 341 g/mol. The van der Waals surface area contributed by atoms with Gasteiger partial charge in [-0.05, 0) is 49.4 Å². The molecule has 3 heterocycles. The number of nitrogens with one attached hydrogen (secondary N) is 2. The first kappa shape index (κ1) is 17.6. The topological polar surface area (TPSA) is 73.9 Å². The molecule has 0 aromatic carbocycles. The standard InChI is InChI=1S/C19H27N5O/c1-14-10-15(2)13-24(12-14)9-5-8-21-19(25)18-11-17(22-23-18)16-6-3-4-7-20-16/h3-4,6-7,11,14-15H,5,8-10,12-13H2,1-2H3,(H,21,25)(H,22,23)/t14-,15-/m1/s1. The monoisotopic (exact) mass is 341 g/mol. The highest BCUT2D eigenvalue weighted by Gasteiger charge is 2.21. The number of carbonyl (C=O) groups excluding carboxylic acids is 1. The maximum absolute atomic E-state index is 12.2. The molecular weight excluding hydrogens is 314 g/mol. The molecule has 2 atom stereocenters. The van der Waals surface area contributed by atoms with Crippen molar-refractivity contribution in [2.24, 2.45) is 11.8 Å². The number of H-pyrrole nitrogens is 1. The number of piperidine rings is 1. The Morgan fingerprint density at radius 3 is 2.80 bits per heavy atom. The molecule has 1 aliphatic heterocycles. The molecule has 1 aliphatic rings. The minimum Gasteiger partial charge on any atom is -0.351 e. The number of hydrogen-bond acceptors (Lipinski definition) is 4. The molecule has 0 saturated carbocycles. The number of amides is 1. The summed E-state index contributed by atoms with van der Waals surface area (Å²) in [5.74, 6) is 1.43. The number of aromatic nitrogens is 3. The quantitative estimate of drug-likeness (QED) is 0.792. The molecule has 0 radical (unpaired) electrons. The van der Waals surface area contributed by atoms with Gasteiger partial charge in [0.25, 0.3) is 5.91 Å². The van der Waals surface area contributed by atoms with Crippen molar-refractivity contribution >= 4 is 5.91 Å². The third kappa shape index (κ3) is 4.89. The predicted octanol–water partition coefficient (Wildman–Crippen LogP) is 2.57. The summed E-state index contributed by atoms with van der Waals surface area (Å²) >= 11 is 0. The minimum atomic E-state index is -0.116. The smallest absolute Gasteiger partial charge is 0.269 e. The van der Waals surface area contributed by atoms with Gasteiger partial charge in [0, 0.05) is 25.8 Å². The van der Waals surface area contributed by atoms with Gasteiger partial charge in [-0.25, -0.2) is 0 Å². The molecule has 2 N–H and O–H groups in total. The molecule has 6 heteroatoms. The van der Waals surface area contributed by atoms with E-state index in [0.717, 1.165) is 30.5 Å². The SMILES string of the molecule is C[C@@H]1C[C@@H](C)CN(CCCNC(=O)c2cc(-c3ccccn3)n[nH]2)C1. The molecule has 134 valence electrons. The van der Waals surface area contributed by atoms with E-state index in [2.05, 4.69) is 39.2 Å². The Bertz CT molecular complexity index is 674. The van der Waals surface area contributed by atoms with E-state index in [-0.39, 0.29) is 5.91 Å². The van der Waals surface area contributed by atoms with Crippen molar-refractivity contribution in [2.45, 2.75) is 26.7 Å². The summed E-state index contributed by atoms with van der Waals surface area (Å²) in [6.07, 6.45) is 4.00. The average Bonchev–Trinajstić information content (AvgIpc) is 3.09. The lowest BCUT2D eigenvalue weighted by Gasteiger charge is -2.34. The minimum absolute atomic E-state index is 0.116. The summed E-state index contributed by atoms with van der Waals surface area (Å²) in [5, 5.41) is 9.93. The van der Waals surface area contributed by atoms with Gasteiger partial charge in [-0.1, -0.05) is 19.9 Å². The Labute approximate surface area is 149 Å². The van der Waals surface area contributed by atoms with Crippen LogP contribution < -0.4 is 5.32 Å². The molecule has 1 saturated heterocycles. The Morgan fingerprint density at radius 1 is 1.28 bits per heavy atom. The van der Waals surface area contributed by atoms with Gasteiger partial charge >= 0.3 is 0 Å². The van der Waals surface area contributed by atoms with Gasteiger partial charge in [-0.2, -0.15) is 5.10 Å². The second-order valence-corrected chi connectivity index (χ2v) is 7.20. The zero-order chi connectivity index (χ0) is 17.6. The van der Waals surface area contributed by atoms with Gasteiger partial charge < -0.3 is 10.2 Å². The third-order valence-corrected chi connectivity index (χ3v) is 4.63. The van der Waals surface area contributed by atoms with Crippen molar-refractivity contribution in [1.29, 1.82) is 0 Å². The predicted molar refractivity (Wildman–Crippen MR) is 98.2 cm³/mol. The zero-order valence-corrected chi connectivity index (χ0v) is 15.0. The van der Waals surface area contributed by atoms with Gasteiger partial charge in [0.05, 0.1) is 5.69 Å². The van der Waals surface area contributed by atoms with E-state index in [1.807, 2.05) is 18.2 Å². The van der Waals surface area contributed by atoms with Crippen LogP contribution in [-0.4, -0.2) is 52.2 Å². The maximum Gasteiger partial charge on any atom is 0.269 e. The lowest BCUT2D eigenvalue weighted by molar-refractivity contribution is 0.0942. The number of carbonyl (C=O) groups is 1. The first-order valence-electron chi connectivity index (χ1n) is 9.09. The van der Waals surface area contributed by atoms with Crippen LogP contribution in [0.1, 0.15) is 37.2 Å². The number of pyridine rings is 1. The van der Waals surface area contributed by atoms with Gasteiger partial charge in [0.15, 0.2) is 0 Å². The van der Waals surface area contributed by atoms with E-state index >= 15 is 0 Å². The molecule has 2 aromatic heterocycles. The van der Waals surface area contributed by atoms with Crippen LogP contribution in [0.15, 0.2) is 30.5 Å². The number of nitrogens with zero attached hydrogens (tertiary/aromatic N) is 3. The van der Waals surface area contributed by atoms with Crippen molar-refractivity contribution < 1.29 is 4.79 Å². The molecule has 1 fully saturated rings. The Hall–Kier alpha value is -2.21. The summed E-state index contributed by atoms with van der Waals surface area (Å²) in [4.78, 5) is 19.0. The van der Waals surface area contributed by atoms with Crippen molar-refractivity contribution in [2.75, 3.05) is 26.2 Å². The lowest BCUT2D eigenvalue weighted by atomic mass is 9.92. The van der Waals surface area contributed by atoms with Crippen molar-refractivity contribution in [3.63, 3.8) is 0 Å². The summed E-state index contributed by atoms with van der Waals surface area (Å²) in [5.41, 5.74) is 1.91. The first-order valence-corrected chi connectivity index (χ1v) is 9.09. The number of likely N-dealkylation sites (tertiary alicyclic amines) is 1. The van der Waals surface area contributed by atoms with E-state index in [0.29, 0.717) is 17.9 Å². The Balaban J connectivity index is 1.43. The fraction of sp³-hybridized carbons (Fsp3) is 0.526. The van der Waals surface area contributed by atoms with Crippen LogP contribution in [-0.2, 0) is 0 Å². The Morgan fingerprint density at radius 2 is 2.08 bits per heavy atom. The summed E-state index contributed by atoms with van der Waals surface area (Å²) < 4.78 is 0. The molecule has 1 amide bonds. The largest absolute Gasteiger partial charge is 0.351 e. The Kier molecular flexibility index (Phi) is 5.81. The maximum atomic E-state index is 12.2. The van der Waals surface area contributed by atoms with E-state index in [1.54, 1.807) is 12.3 Å². The fourth-order valence-corrected chi connectivity index (χ4v) is 3.66. The van der Waals surface area contributed by atoms with Gasteiger partial charge in [0.1, 0.15) is 11.4 Å². The summed E-state index contributed by atoms with van der Waals surface area (Å²) in [6, 6.07) is 7.37. The van der Waals surface area contributed by atoms with E-state index < -0.39 is 0 Å². The van der Waals surface area contributed by atoms with Crippen LogP contribution in [0.25, 0.3) is 11.4 Å². The van der Waals surface area contributed by atoms with Crippen molar-refractivity contribution in [1.82, 2.24) is 25.4 Å². The number of rotatable bonds is 6. The molecule has 0 aliphatic carbocycles. The molecule has 2 aromatic rings. The normalized spacial score (nSPS) is 21.2. The van der Waals surface area contributed by atoms with Crippen molar-refractivity contribution in [3.05, 3.63) is 36.2 Å². The molecule has 6 nitrogen and oxygen atoms in total. The van der Waals surface area contributed by atoms with Crippen molar-refractivity contribution in [3.8, 4) is 11.4 Å². The number of hydrogen-bond donors (Lipinski definition) is 2. The first-order chi connectivity index (χ1) is 12.1. The number of aromatic amines is 1. The molecule has 0 bridgehead atoms. The molecule has 0 unspecified atom stereocenters. The van der Waals surface area contributed by atoms with Crippen LogP contribution >= 0.6 is 0 Å². The highest BCUT2D eigenvalue weighted by molar-refractivity contribution is 5.93. The van der Waals surface area contributed by atoms with Crippen LogP contribution in [0.3, 0.4) is 0 Å². The van der Waals surface area contributed by atoms with Crippen LogP contribution in [0.4, 0.5) is 0 Å². The van der Waals surface area contributed by atoms with E-state index in [1.165, 1.54) is 19.5 Å².